The summed E-state index contributed by atoms with van der Waals surface area (Å²) in [5.74, 6) is 0. The van der Waals surface area contributed by atoms with Gasteiger partial charge in [0.15, 0.2) is 0 Å². The lowest BCUT2D eigenvalue weighted by atomic mass is 10.0. The Morgan fingerprint density at radius 1 is 1.50 bits per heavy atom. The molecule has 0 amide bonds. The molecule has 6 heteroatoms. The first-order chi connectivity index (χ1) is 7.69. The summed E-state index contributed by atoms with van der Waals surface area (Å²) in [6.45, 7) is 0.285. The van der Waals surface area contributed by atoms with Crippen LogP contribution in [0.2, 0.25) is 0 Å². The van der Waals surface area contributed by atoms with E-state index in [0.29, 0.717) is 11.3 Å². The Labute approximate surface area is 93.2 Å². The Morgan fingerprint density at radius 2 is 2.25 bits per heavy atom. The highest BCUT2D eigenvalue weighted by molar-refractivity contribution is 5.40. The standard InChI is InChI=1S/C10H14N4O2/c1-12-6-9(15)10(16)7-3-2-4-8(5-7)13-14-11/h2-5,9-10,12,15-16H,6H2,1H3. The Hall–Kier alpha value is -1.59. The molecular weight excluding hydrogens is 208 g/mol. The lowest BCUT2D eigenvalue weighted by molar-refractivity contribution is 0.0203. The van der Waals surface area contributed by atoms with Gasteiger partial charge in [-0.2, -0.15) is 0 Å². The van der Waals surface area contributed by atoms with Crippen molar-refractivity contribution in [1.29, 1.82) is 0 Å². The van der Waals surface area contributed by atoms with Gasteiger partial charge in [0.25, 0.3) is 0 Å². The summed E-state index contributed by atoms with van der Waals surface area (Å²) >= 11 is 0. The molecule has 2 atom stereocenters. The summed E-state index contributed by atoms with van der Waals surface area (Å²) in [5, 5.41) is 25.6. The zero-order chi connectivity index (χ0) is 12.0. The molecule has 1 aromatic carbocycles. The van der Waals surface area contributed by atoms with E-state index in [2.05, 4.69) is 15.3 Å². The van der Waals surface area contributed by atoms with Gasteiger partial charge in [0.05, 0.1) is 6.10 Å². The SMILES string of the molecule is CNCC(O)C(O)c1cccc(N=[N+]=[N-])c1. The van der Waals surface area contributed by atoms with Gasteiger partial charge in [0.1, 0.15) is 6.10 Å². The minimum absolute atomic E-state index is 0.285. The summed E-state index contributed by atoms with van der Waals surface area (Å²) in [4.78, 5) is 2.66. The van der Waals surface area contributed by atoms with E-state index in [1.54, 1.807) is 31.3 Å². The van der Waals surface area contributed by atoms with E-state index >= 15 is 0 Å². The van der Waals surface area contributed by atoms with Gasteiger partial charge in [0.2, 0.25) is 0 Å². The zero-order valence-electron chi connectivity index (χ0n) is 8.91. The molecule has 0 fully saturated rings. The topological polar surface area (TPSA) is 101 Å². The average Bonchev–Trinajstić information content (AvgIpc) is 2.29. The molecule has 2 unspecified atom stereocenters. The van der Waals surface area contributed by atoms with E-state index in [0.717, 1.165) is 0 Å². The number of nitrogens with one attached hydrogen (secondary N) is 1. The smallest absolute Gasteiger partial charge is 0.106 e. The maximum atomic E-state index is 9.79. The van der Waals surface area contributed by atoms with Crippen molar-refractivity contribution in [1.82, 2.24) is 5.32 Å². The Balaban J connectivity index is 2.86. The second-order valence-corrected chi connectivity index (χ2v) is 3.35. The Bertz CT molecular complexity index is 390. The van der Waals surface area contributed by atoms with Gasteiger partial charge in [-0.3, -0.25) is 0 Å². The third kappa shape index (κ3) is 3.22. The van der Waals surface area contributed by atoms with Gasteiger partial charge in [-0.15, -0.1) is 0 Å². The highest BCUT2D eigenvalue weighted by Crippen LogP contribution is 2.21. The second-order valence-electron chi connectivity index (χ2n) is 3.35. The molecule has 1 rings (SSSR count). The molecule has 6 nitrogen and oxygen atoms in total. The molecule has 0 saturated carbocycles. The fourth-order valence-electron chi connectivity index (χ4n) is 1.37. The van der Waals surface area contributed by atoms with Gasteiger partial charge in [-0.25, -0.2) is 0 Å². The minimum atomic E-state index is -0.999. The van der Waals surface area contributed by atoms with Crippen LogP contribution in [0.1, 0.15) is 11.7 Å². The highest BCUT2D eigenvalue weighted by Gasteiger charge is 2.17. The number of rotatable bonds is 5. The first kappa shape index (κ1) is 12.5. The van der Waals surface area contributed by atoms with Gasteiger partial charge < -0.3 is 15.5 Å². The molecule has 0 aliphatic rings. The summed E-state index contributed by atoms with van der Waals surface area (Å²) in [6, 6.07) is 6.50. The fourth-order valence-corrected chi connectivity index (χ4v) is 1.37. The summed E-state index contributed by atoms with van der Waals surface area (Å²) < 4.78 is 0. The van der Waals surface area contributed by atoms with Gasteiger partial charge >= 0.3 is 0 Å². The van der Waals surface area contributed by atoms with Crippen LogP contribution < -0.4 is 5.32 Å². The summed E-state index contributed by atoms with van der Waals surface area (Å²) in [7, 11) is 1.69. The van der Waals surface area contributed by atoms with Gasteiger partial charge in [-0.1, -0.05) is 23.3 Å². The van der Waals surface area contributed by atoms with E-state index in [-0.39, 0.29) is 6.54 Å². The quantitative estimate of drug-likeness (QED) is 0.397. The monoisotopic (exact) mass is 222 g/mol. The molecule has 1 aromatic rings. The van der Waals surface area contributed by atoms with Crippen LogP contribution in [0.3, 0.4) is 0 Å². The molecule has 0 heterocycles. The Morgan fingerprint density at radius 3 is 2.88 bits per heavy atom. The third-order valence-electron chi connectivity index (χ3n) is 2.15. The summed E-state index contributed by atoms with van der Waals surface area (Å²) in [5.41, 5.74) is 9.21. The molecule has 0 aliphatic carbocycles. The summed E-state index contributed by atoms with van der Waals surface area (Å²) in [6.07, 6.45) is -1.90. The van der Waals surface area contributed by atoms with Crippen LogP contribution in [-0.4, -0.2) is 29.9 Å². The second kappa shape index (κ2) is 6.09. The lowest BCUT2D eigenvalue weighted by Crippen LogP contribution is -2.29. The van der Waals surface area contributed by atoms with E-state index in [9.17, 15) is 10.2 Å². The first-order valence-corrected chi connectivity index (χ1v) is 4.85. The van der Waals surface area contributed by atoms with Crippen LogP contribution >= 0.6 is 0 Å². The molecule has 0 bridgehead atoms. The third-order valence-corrected chi connectivity index (χ3v) is 2.15. The van der Waals surface area contributed by atoms with Crippen LogP contribution in [-0.2, 0) is 0 Å². The first-order valence-electron chi connectivity index (χ1n) is 4.85. The molecule has 0 radical (unpaired) electrons. The van der Waals surface area contributed by atoms with E-state index in [4.69, 9.17) is 5.53 Å². The number of nitrogens with zero attached hydrogens (tertiary/aromatic N) is 3. The number of benzene rings is 1. The van der Waals surface area contributed by atoms with Gasteiger partial charge in [0, 0.05) is 17.1 Å². The minimum Gasteiger partial charge on any atom is -0.389 e. The van der Waals surface area contributed by atoms with Crippen molar-refractivity contribution in [2.45, 2.75) is 12.2 Å². The van der Waals surface area contributed by atoms with Gasteiger partial charge in [-0.05, 0) is 24.2 Å². The number of likely N-dealkylation sites (N-methyl/N-ethyl adjacent to an activating group) is 1. The predicted octanol–water partition coefficient (Wildman–Crippen LogP) is 1.24. The predicted molar refractivity (Wildman–Crippen MR) is 60.1 cm³/mol. The van der Waals surface area contributed by atoms with Crippen LogP contribution in [0.5, 0.6) is 0 Å². The van der Waals surface area contributed by atoms with Crippen molar-refractivity contribution in [3.63, 3.8) is 0 Å². The van der Waals surface area contributed by atoms with Crippen LogP contribution in [0.15, 0.2) is 29.4 Å². The lowest BCUT2D eigenvalue weighted by Gasteiger charge is -2.17. The molecule has 86 valence electrons. The van der Waals surface area contributed by atoms with Crippen LogP contribution in [0.4, 0.5) is 5.69 Å². The van der Waals surface area contributed by atoms with Crippen molar-refractivity contribution in [2.24, 2.45) is 5.11 Å². The van der Waals surface area contributed by atoms with E-state index < -0.39 is 12.2 Å². The van der Waals surface area contributed by atoms with E-state index in [1.807, 2.05) is 0 Å². The number of hydrogen-bond acceptors (Lipinski definition) is 4. The number of aliphatic hydroxyl groups excluding tert-OH is 2. The molecule has 0 saturated heterocycles. The number of hydrogen-bond donors (Lipinski definition) is 3. The number of aliphatic hydroxyl groups is 2. The zero-order valence-corrected chi connectivity index (χ0v) is 8.91. The van der Waals surface area contributed by atoms with Crippen molar-refractivity contribution in [3.8, 4) is 0 Å². The van der Waals surface area contributed by atoms with Crippen molar-refractivity contribution in [3.05, 3.63) is 40.3 Å². The molecule has 16 heavy (non-hydrogen) atoms. The molecule has 0 aromatic heterocycles. The Kier molecular flexibility index (Phi) is 4.75. The normalized spacial score (nSPS) is 13.9. The van der Waals surface area contributed by atoms with E-state index in [1.165, 1.54) is 0 Å². The van der Waals surface area contributed by atoms with Crippen molar-refractivity contribution >= 4 is 5.69 Å². The van der Waals surface area contributed by atoms with Crippen LogP contribution in [0, 0.1) is 0 Å². The van der Waals surface area contributed by atoms with Crippen LogP contribution in [0.25, 0.3) is 10.4 Å². The molecule has 0 spiro atoms. The largest absolute Gasteiger partial charge is 0.389 e. The average molecular weight is 222 g/mol. The molecule has 3 N–H and O–H groups in total. The van der Waals surface area contributed by atoms with Crippen molar-refractivity contribution in [2.75, 3.05) is 13.6 Å². The molecular formula is C10H14N4O2. The molecule has 0 aliphatic heterocycles. The number of azide groups is 1. The highest BCUT2D eigenvalue weighted by atomic mass is 16.3. The van der Waals surface area contributed by atoms with Crippen molar-refractivity contribution < 1.29 is 10.2 Å². The fraction of sp³-hybridized carbons (Fsp3) is 0.400. The maximum Gasteiger partial charge on any atom is 0.106 e. The maximum absolute atomic E-state index is 9.79.